The first-order valence-electron chi connectivity index (χ1n) is 12.0. The predicted octanol–water partition coefficient (Wildman–Crippen LogP) is 6.40. The van der Waals surface area contributed by atoms with E-state index in [1.807, 2.05) is 42.5 Å². The second kappa shape index (κ2) is 12.6. The summed E-state index contributed by atoms with van der Waals surface area (Å²) in [5, 5.41) is 0.788. The van der Waals surface area contributed by atoms with E-state index in [4.69, 9.17) is 38.0 Å². The summed E-state index contributed by atoms with van der Waals surface area (Å²) < 4.78 is 17.1. The molecule has 10 heteroatoms. The number of amides is 1. The molecule has 0 spiro atoms. The molecule has 1 aliphatic rings. The summed E-state index contributed by atoms with van der Waals surface area (Å²) in [5.41, 5.74) is 3.42. The molecule has 0 aliphatic carbocycles. The first-order chi connectivity index (χ1) is 18.8. The molecule has 0 radical (unpaired) electrons. The first kappa shape index (κ1) is 28.6. The van der Waals surface area contributed by atoms with Crippen LogP contribution < -0.4 is 14.4 Å². The van der Waals surface area contributed by atoms with E-state index < -0.39 is 5.97 Å². The van der Waals surface area contributed by atoms with E-state index in [1.54, 1.807) is 24.3 Å². The summed E-state index contributed by atoms with van der Waals surface area (Å²) in [4.78, 5) is 28.8. The van der Waals surface area contributed by atoms with Crippen LogP contribution in [0.2, 0.25) is 5.02 Å². The lowest BCUT2D eigenvalue weighted by Crippen LogP contribution is -2.35. The standard InChI is InChI=1S/C29H26BrClN2O5S/c1-4-18-9-11-21(12-10-18)33-28(35)24(32(29(33)39)16-27(34)37-3)13-20-14-25(36-2)26(15-22(20)30)38-17-19-7-5-6-8-23(19)31/h5-15H,4,16-17H2,1-3H3/b24-13-. The second-order valence-corrected chi connectivity index (χ2v) is 10.2. The molecule has 39 heavy (non-hydrogen) atoms. The van der Waals surface area contributed by atoms with Crippen LogP contribution in [0.25, 0.3) is 6.08 Å². The lowest BCUT2D eigenvalue weighted by molar-refractivity contribution is -0.140. The molecule has 202 valence electrons. The third-order valence-electron chi connectivity index (χ3n) is 6.17. The SMILES string of the molecule is CCc1ccc(N2C(=O)/C(=C/c3cc(OC)c(OCc4ccccc4Cl)cc3Br)N(CC(=O)OC)C2=S)cc1. The molecule has 0 unspecified atom stereocenters. The Morgan fingerprint density at radius 1 is 1.08 bits per heavy atom. The molecule has 0 atom stereocenters. The maximum Gasteiger partial charge on any atom is 0.325 e. The second-order valence-electron chi connectivity index (χ2n) is 8.54. The van der Waals surface area contributed by atoms with Crippen molar-refractivity contribution in [2.75, 3.05) is 25.7 Å². The number of esters is 1. The third kappa shape index (κ3) is 6.27. The molecule has 0 N–H and O–H groups in total. The van der Waals surface area contributed by atoms with E-state index in [-0.39, 0.29) is 29.9 Å². The number of halogens is 2. The van der Waals surface area contributed by atoms with Crippen LogP contribution in [0.1, 0.15) is 23.6 Å². The van der Waals surface area contributed by atoms with Gasteiger partial charge < -0.3 is 19.1 Å². The van der Waals surface area contributed by atoms with Crippen LogP contribution in [0.4, 0.5) is 5.69 Å². The van der Waals surface area contributed by atoms with Crippen LogP contribution in [-0.2, 0) is 27.4 Å². The molecular weight excluding hydrogens is 604 g/mol. The highest BCUT2D eigenvalue weighted by Crippen LogP contribution is 2.37. The molecule has 1 saturated heterocycles. The van der Waals surface area contributed by atoms with Gasteiger partial charge in [0, 0.05) is 15.1 Å². The average molecular weight is 630 g/mol. The van der Waals surface area contributed by atoms with Gasteiger partial charge >= 0.3 is 5.97 Å². The Morgan fingerprint density at radius 3 is 2.44 bits per heavy atom. The normalized spacial score (nSPS) is 14.2. The van der Waals surface area contributed by atoms with Crippen LogP contribution in [0.3, 0.4) is 0 Å². The van der Waals surface area contributed by atoms with Gasteiger partial charge in [0.2, 0.25) is 0 Å². The van der Waals surface area contributed by atoms with Crippen molar-refractivity contribution in [3.63, 3.8) is 0 Å². The number of methoxy groups -OCH3 is 2. The summed E-state index contributed by atoms with van der Waals surface area (Å²) in [7, 11) is 2.82. The number of aryl methyl sites for hydroxylation is 1. The molecule has 3 aromatic rings. The number of anilines is 1. The lowest BCUT2D eigenvalue weighted by atomic mass is 10.1. The first-order valence-corrected chi connectivity index (χ1v) is 13.6. The zero-order valence-electron chi connectivity index (χ0n) is 21.6. The number of hydrogen-bond acceptors (Lipinski definition) is 6. The van der Waals surface area contributed by atoms with E-state index in [0.717, 1.165) is 17.5 Å². The number of rotatable bonds is 9. The molecule has 4 rings (SSSR count). The van der Waals surface area contributed by atoms with Crippen LogP contribution >= 0.6 is 39.7 Å². The number of carbonyl (C=O) groups excluding carboxylic acids is 2. The number of hydrogen-bond donors (Lipinski definition) is 0. The van der Waals surface area contributed by atoms with Gasteiger partial charge in [-0.25, -0.2) is 0 Å². The monoisotopic (exact) mass is 628 g/mol. The van der Waals surface area contributed by atoms with Gasteiger partial charge in [-0.1, -0.05) is 64.8 Å². The summed E-state index contributed by atoms with van der Waals surface area (Å²) in [6, 6.07) is 18.5. The summed E-state index contributed by atoms with van der Waals surface area (Å²) in [6.45, 7) is 2.08. The summed E-state index contributed by atoms with van der Waals surface area (Å²) >= 11 is 15.5. The van der Waals surface area contributed by atoms with Crippen molar-refractivity contribution in [2.45, 2.75) is 20.0 Å². The van der Waals surface area contributed by atoms with Gasteiger partial charge in [0.15, 0.2) is 16.6 Å². The van der Waals surface area contributed by atoms with Gasteiger partial charge in [0.1, 0.15) is 18.8 Å². The maximum absolute atomic E-state index is 13.7. The van der Waals surface area contributed by atoms with Crippen LogP contribution in [0.5, 0.6) is 11.5 Å². The van der Waals surface area contributed by atoms with Crippen molar-refractivity contribution in [1.82, 2.24) is 4.90 Å². The van der Waals surface area contributed by atoms with Gasteiger partial charge in [-0.05, 0) is 66.2 Å². The molecule has 3 aromatic carbocycles. The van der Waals surface area contributed by atoms with Crippen LogP contribution in [-0.4, -0.2) is 42.7 Å². The van der Waals surface area contributed by atoms with Crippen molar-refractivity contribution in [3.05, 3.63) is 92.5 Å². The molecule has 1 aliphatic heterocycles. The lowest BCUT2D eigenvalue weighted by Gasteiger charge is -2.19. The van der Waals surface area contributed by atoms with Crippen LogP contribution in [0.15, 0.2) is 70.8 Å². The Bertz CT molecular complexity index is 1440. The number of benzene rings is 3. The molecule has 0 bridgehead atoms. The highest BCUT2D eigenvalue weighted by atomic mass is 79.9. The van der Waals surface area contributed by atoms with Crippen molar-refractivity contribution in [3.8, 4) is 11.5 Å². The minimum atomic E-state index is -0.529. The number of carbonyl (C=O) groups is 2. The average Bonchev–Trinajstić information content (AvgIpc) is 3.17. The Balaban J connectivity index is 1.70. The van der Waals surface area contributed by atoms with E-state index in [2.05, 4.69) is 22.9 Å². The Hall–Kier alpha value is -3.40. The van der Waals surface area contributed by atoms with Gasteiger partial charge in [0.25, 0.3) is 5.91 Å². The molecule has 0 saturated carbocycles. The molecule has 1 amide bonds. The molecule has 1 heterocycles. The summed E-state index contributed by atoms with van der Waals surface area (Å²) in [6.07, 6.45) is 2.52. The van der Waals surface area contributed by atoms with E-state index in [0.29, 0.717) is 32.2 Å². The van der Waals surface area contributed by atoms with Gasteiger partial charge in [0.05, 0.1) is 19.9 Å². The van der Waals surface area contributed by atoms with Gasteiger partial charge in [-0.15, -0.1) is 0 Å². The Kier molecular flexibility index (Phi) is 9.27. The predicted molar refractivity (Wildman–Crippen MR) is 159 cm³/mol. The van der Waals surface area contributed by atoms with E-state index >= 15 is 0 Å². The molecule has 1 fully saturated rings. The highest BCUT2D eigenvalue weighted by molar-refractivity contribution is 9.10. The van der Waals surface area contributed by atoms with Crippen LogP contribution in [0, 0.1) is 0 Å². The molecular formula is C29H26BrClN2O5S. The largest absolute Gasteiger partial charge is 0.493 e. The number of ether oxygens (including phenoxy) is 3. The fraction of sp³-hybridized carbons (Fsp3) is 0.207. The van der Waals surface area contributed by atoms with Gasteiger partial charge in [-0.2, -0.15) is 0 Å². The van der Waals surface area contributed by atoms with Gasteiger partial charge in [-0.3, -0.25) is 14.5 Å². The molecule has 0 aromatic heterocycles. The smallest absolute Gasteiger partial charge is 0.325 e. The molecule has 7 nitrogen and oxygen atoms in total. The van der Waals surface area contributed by atoms with Crippen molar-refractivity contribution >= 4 is 68.5 Å². The zero-order chi connectivity index (χ0) is 28.1. The third-order valence-corrected chi connectivity index (χ3v) is 7.63. The minimum Gasteiger partial charge on any atom is -0.493 e. The van der Waals surface area contributed by atoms with Crippen molar-refractivity contribution in [1.29, 1.82) is 0 Å². The maximum atomic E-state index is 13.7. The number of thiocarbonyl (C=S) groups is 1. The topological polar surface area (TPSA) is 68.3 Å². The summed E-state index contributed by atoms with van der Waals surface area (Å²) in [5.74, 6) is 0.0534. The zero-order valence-corrected chi connectivity index (χ0v) is 24.7. The Morgan fingerprint density at radius 2 is 1.79 bits per heavy atom. The van der Waals surface area contributed by atoms with Crippen molar-refractivity contribution in [2.24, 2.45) is 0 Å². The Labute approximate surface area is 246 Å². The van der Waals surface area contributed by atoms with Crippen molar-refractivity contribution < 1.29 is 23.8 Å². The fourth-order valence-corrected chi connectivity index (χ4v) is 4.97. The quantitative estimate of drug-likeness (QED) is 0.154. The van der Waals surface area contributed by atoms with E-state index in [9.17, 15) is 9.59 Å². The fourth-order valence-electron chi connectivity index (χ4n) is 3.99. The number of nitrogens with zero attached hydrogens (tertiary/aromatic N) is 2. The minimum absolute atomic E-state index is 0.184. The van der Waals surface area contributed by atoms with E-state index in [1.165, 1.54) is 24.0 Å². The highest BCUT2D eigenvalue weighted by Gasteiger charge is 2.40.